The van der Waals surface area contributed by atoms with E-state index in [1.54, 1.807) is 12.1 Å². The molecule has 0 saturated heterocycles. The van der Waals surface area contributed by atoms with Crippen molar-refractivity contribution in [2.24, 2.45) is 0 Å². The van der Waals surface area contributed by atoms with Crippen LogP contribution in [0, 0.1) is 13.8 Å². The molecule has 5 heteroatoms. The number of amides is 1. The van der Waals surface area contributed by atoms with E-state index >= 15 is 0 Å². The van der Waals surface area contributed by atoms with E-state index in [1.807, 2.05) is 38.1 Å². The number of nitrogens with one attached hydrogen (secondary N) is 1. The SMILES string of the molecule is CCN(C)CCCOc1cccc(C)c1C(=O)Nc1ccc(Cl)c(C)c1. The maximum atomic E-state index is 12.8. The molecule has 0 aliphatic carbocycles. The molecule has 0 spiro atoms. The van der Waals surface area contributed by atoms with Gasteiger partial charge < -0.3 is 15.0 Å². The Morgan fingerprint density at radius 1 is 1.19 bits per heavy atom. The normalized spacial score (nSPS) is 10.8. The summed E-state index contributed by atoms with van der Waals surface area (Å²) in [6, 6.07) is 11.1. The third-order valence-electron chi connectivity index (χ3n) is 4.36. The van der Waals surface area contributed by atoms with Gasteiger partial charge in [-0.25, -0.2) is 0 Å². The summed E-state index contributed by atoms with van der Waals surface area (Å²) in [5.74, 6) is 0.442. The topological polar surface area (TPSA) is 41.6 Å². The highest BCUT2D eigenvalue weighted by atomic mass is 35.5. The van der Waals surface area contributed by atoms with Gasteiger partial charge in [0.25, 0.3) is 5.91 Å². The smallest absolute Gasteiger partial charge is 0.259 e. The van der Waals surface area contributed by atoms with Crippen LogP contribution < -0.4 is 10.1 Å². The molecule has 0 fully saturated rings. The predicted octanol–water partition coefficient (Wildman–Crippen LogP) is 4.93. The number of rotatable bonds is 8. The molecule has 0 aliphatic heterocycles. The van der Waals surface area contributed by atoms with E-state index in [-0.39, 0.29) is 5.91 Å². The molecule has 0 unspecified atom stereocenters. The lowest BCUT2D eigenvalue weighted by Gasteiger charge is -2.16. The van der Waals surface area contributed by atoms with Crippen molar-refractivity contribution in [3.05, 3.63) is 58.1 Å². The van der Waals surface area contributed by atoms with Gasteiger partial charge in [-0.2, -0.15) is 0 Å². The molecular formula is C21H27ClN2O2. The molecule has 1 N–H and O–H groups in total. The first-order valence-corrected chi connectivity index (χ1v) is 9.28. The molecule has 0 radical (unpaired) electrons. The lowest BCUT2D eigenvalue weighted by atomic mass is 10.1. The van der Waals surface area contributed by atoms with Gasteiger partial charge in [-0.15, -0.1) is 0 Å². The minimum absolute atomic E-state index is 0.175. The van der Waals surface area contributed by atoms with Crippen molar-refractivity contribution in [1.29, 1.82) is 0 Å². The third-order valence-corrected chi connectivity index (χ3v) is 4.78. The fourth-order valence-electron chi connectivity index (χ4n) is 2.64. The number of hydrogen-bond acceptors (Lipinski definition) is 3. The van der Waals surface area contributed by atoms with Crippen molar-refractivity contribution in [3.63, 3.8) is 0 Å². The van der Waals surface area contributed by atoms with Crippen LogP contribution in [0.5, 0.6) is 5.75 Å². The van der Waals surface area contributed by atoms with Crippen LogP contribution in [0.1, 0.15) is 34.8 Å². The molecule has 0 atom stereocenters. The van der Waals surface area contributed by atoms with E-state index in [1.165, 1.54) is 0 Å². The number of carbonyl (C=O) groups excluding carboxylic acids is 1. The molecule has 0 aliphatic rings. The zero-order valence-corrected chi connectivity index (χ0v) is 16.7. The maximum Gasteiger partial charge on any atom is 0.259 e. The lowest BCUT2D eigenvalue weighted by molar-refractivity contribution is 0.102. The minimum Gasteiger partial charge on any atom is -0.493 e. The number of anilines is 1. The fraction of sp³-hybridized carbons (Fsp3) is 0.381. The van der Waals surface area contributed by atoms with Crippen LogP contribution in [0.3, 0.4) is 0 Å². The molecular weight excluding hydrogens is 348 g/mol. The van der Waals surface area contributed by atoms with E-state index in [0.29, 0.717) is 22.9 Å². The van der Waals surface area contributed by atoms with Gasteiger partial charge >= 0.3 is 0 Å². The summed E-state index contributed by atoms with van der Waals surface area (Å²) >= 11 is 6.05. The Labute approximate surface area is 161 Å². The molecule has 1 amide bonds. The number of hydrogen-bond donors (Lipinski definition) is 1. The van der Waals surface area contributed by atoms with Gasteiger partial charge in [0.15, 0.2) is 0 Å². The fourth-order valence-corrected chi connectivity index (χ4v) is 2.76. The number of carbonyl (C=O) groups is 1. The highest BCUT2D eigenvalue weighted by Crippen LogP contribution is 2.25. The summed E-state index contributed by atoms with van der Waals surface area (Å²) in [6.45, 7) is 8.51. The molecule has 26 heavy (non-hydrogen) atoms. The summed E-state index contributed by atoms with van der Waals surface area (Å²) in [5, 5.41) is 3.62. The standard InChI is InChI=1S/C21H27ClN2O2/c1-5-24(4)12-7-13-26-19-9-6-8-15(2)20(19)21(25)23-17-10-11-18(22)16(3)14-17/h6,8-11,14H,5,7,12-13H2,1-4H3,(H,23,25). The van der Waals surface area contributed by atoms with Gasteiger partial charge in [0.2, 0.25) is 0 Å². The number of nitrogens with zero attached hydrogens (tertiary/aromatic N) is 1. The average Bonchev–Trinajstić information content (AvgIpc) is 2.61. The zero-order chi connectivity index (χ0) is 19.1. The van der Waals surface area contributed by atoms with Crippen LogP contribution >= 0.6 is 11.6 Å². The zero-order valence-electron chi connectivity index (χ0n) is 15.9. The van der Waals surface area contributed by atoms with Gasteiger partial charge in [-0.1, -0.05) is 30.7 Å². The number of ether oxygens (including phenoxy) is 1. The molecule has 2 aromatic rings. The minimum atomic E-state index is -0.175. The summed E-state index contributed by atoms with van der Waals surface area (Å²) < 4.78 is 5.91. The second-order valence-electron chi connectivity index (χ2n) is 6.46. The molecule has 0 bridgehead atoms. The molecule has 0 heterocycles. The van der Waals surface area contributed by atoms with E-state index in [2.05, 4.69) is 24.2 Å². The Morgan fingerprint density at radius 3 is 2.65 bits per heavy atom. The summed E-state index contributed by atoms with van der Waals surface area (Å²) in [6.07, 6.45) is 0.912. The maximum absolute atomic E-state index is 12.8. The lowest BCUT2D eigenvalue weighted by Crippen LogP contribution is -2.21. The van der Waals surface area contributed by atoms with Crippen LogP contribution in [0.4, 0.5) is 5.69 Å². The number of halogens is 1. The molecule has 0 saturated carbocycles. The van der Waals surface area contributed by atoms with Crippen LogP contribution in [0.15, 0.2) is 36.4 Å². The van der Waals surface area contributed by atoms with E-state index < -0.39 is 0 Å². The molecule has 140 valence electrons. The van der Waals surface area contributed by atoms with Gasteiger partial charge in [0.05, 0.1) is 12.2 Å². The Hall–Kier alpha value is -2.04. The monoisotopic (exact) mass is 374 g/mol. The number of aryl methyl sites for hydroxylation is 2. The second-order valence-corrected chi connectivity index (χ2v) is 6.87. The summed E-state index contributed by atoms with van der Waals surface area (Å²) in [5.41, 5.74) is 3.10. The van der Waals surface area contributed by atoms with Crippen molar-refractivity contribution in [2.45, 2.75) is 27.2 Å². The van der Waals surface area contributed by atoms with Gasteiger partial charge in [0, 0.05) is 17.3 Å². The summed E-state index contributed by atoms with van der Waals surface area (Å²) in [4.78, 5) is 15.0. The number of benzene rings is 2. The van der Waals surface area contributed by atoms with Gasteiger partial charge in [0.1, 0.15) is 5.75 Å². The average molecular weight is 375 g/mol. The van der Waals surface area contributed by atoms with E-state index in [9.17, 15) is 4.79 Å². The first-order chi connectivity index (χ1) is 12.4. The van der Waals surface area contributed by atoms with Gasteiger partial charge in [-0.05, 0) is 69.3 Å². The quantitative estimate of drug-likeness (QED) is 0.666. The molecule has 4 nitrogen and oxygen atoms in total. The van der Waals surface area contributed by atoms with Crippen molar-refractivity contribution in [2.75, 3.05) is 32.1 Å². The van der Waals surface area contributed by atoms with Crippen LogP contribution in [-0.2, 0) is 0 Å². The largest absolute Gasteiger partial charge is 0.493 e. The third kappa shape index (κ3) is 5.48. The van der Waals surface area contributed by atoms with E-state index in [4.69, 9.17) is 16.3 Å². The van der Waals surface area contributed by atoms with Gasteiger partial charge in [-0.3, -0.25) is 4.79 Å². The van der Waals surface area contributed by atoms with E-state index in [0.717, 1.165) is 36.3 Å². The Balaban J connectivity index is 2.09. The molecule has 0 aromatic heterocycles. The Bertz CT molecular complexity index is 762. The first kappa shape index (κ1) is 20.3. The second kappa shape index (κ2) is 9.60. The van der Waals surface area contributed by atoms with Crippen molar-refractivity contribution in [1.82, 2.24) is 4.90 Å². The highest BCUT2D eigenvalue weighted by Gasteiger charge is 2.16. The Morgan fingerprint density at radius 2 is 1.96 bits per heavy atom. The molecule has 2 aromatic carbocycles. The van der Waals surface area contributed by atoms with Crippen LogP contribution in [0.25, 0.3) is 0 Å². The summed E-state index contributed by atoms with van der Waals surface area (Å²) in [7, 11) is 2.08. The Kier molecular flexibility index (Phi) is 7.49. The van der Waals surface area contributed by atoms with Crippen LogP contribution in [-0.4, -0.2) is 37.6 Å². The predicted molar refractivity (Wildman–Crippen MR) is 109 cm³/mol. The van der Waals surface area contributed by atoms with Crippen molar-refractivity contribution < 1.29 is 9.53 Å². The van der Waals surface area contributed by atoms with Crippen molar-refractivity contribution >= 4 is 23.2 Å². The van der Waals surface area contributed by atoms with Crippen molar-refractivity contribution in [3.8, 4) is 5.75 Å². The molecule has 2 rings (SSSR count). The highest BCUT2D eigenvalue weighted by molar-refractivity contribution is 6.31. The van der Waals surface area contributed by atoms with Crippen LogP contribution in [0.2, 0.25) is 5.02 Å². The first-order valence-electron chi connectivity index (χ1n) is 8.90.